The van der Waals surface area contributed by atoms with Gasteiger partial charge in [0, 0.05) is 50.3 Å². The Morgan fingerprint density at radius 1 is 1.18 bits per heavy atom. The van der Waals surface area contributed by atoms with Gasteiger partial charge in [0.15, 0.2) is 6.61 Å². The summed E-state index contributed by atoms with van der Waals surface area (Å²) in [5.74, 6) is 1.50. The normalized spacial score (nSPS) is 31.6. The SMILES string of the molecule is CN1CCN([C@@H]2C[C@@H]3CN(C(=O)COc4cccc(Cl)c4)C[C@@H]3C[C@H]2O)CC1. The van der Waals surface area contributed by atoms with Crippen molar-refractivity contribution in [3.8, 4) is 5.75 Å². The van der Waals surface area contributed by atoms with Gasteiger partial charge in [-0.2, -0.15) is 0 Å². The number of ether oxygens (including phenoxy) is 1. The van der Waals surface area contributed by atoms with Gasteiger partial charge in [-0.15, -0.1) is 0 Å². The summed E-state index contributed by atoms with van der Waals surface area (Å²) < 4.78 is 5.62. The van der Waals surface area contributed by atoms with Gasteiger partial charge in [0.2, 0.25) is 0 Å². The van der Waals surface area contributed by atoms with Crippen LogP contribution < -0.4 is 4.74 Å². The molecular formula is C21H30ClN3O3. The number of hydrogen-bond donors (Lipinski definition) is 1. The van der Waals surface area contributed by atoms with Crippen LogP contribution in [0.1, 0.15) is 12.8 Å². The number of piperazine rings is 1. The van der Waals surface area contributed by atoms with Crippen molar-refractivity contribution in [1.29, 1.82) is 0 Å². The maximum atomic E-state index is 12.6. The number of hydrogen-bond acceptors (Lipinski definition) is 5. The summed E-state index contributed by atoms with van der Waals surface area (Å²) in [5.41, 5.74) is 0. The first-order chi connectivity index (χ1) is 13.5. The lowest BCUT2D eigenvalue weighted by molar-refractivity contribution is -0.132. The van der Waals surface area contributed by atoms with Gasteiger partial charge in [-0.05, 0) is 49.9 Å². The summed E-state index contributed by atoms with van der Waals surface area (Å²) in [5, 5.41) is 11.3. The second-order valence-corrected chi connectivity index (χ2v) is 8.95. The maximum absolute atomic E-state index is 12.6. The Labute approximate surface area is 172 Å². The minimum absolute atomic E-state index is 0.0139. The number of nitrogens with zero attached hydrogens (tertiary/aromatic N) is 3. The quantitative estimate of drug-likeness (QED) is 0.821. The number of carbonyl (C=O) groups is 1. The number of rotatable bonds is 4. The van der Waals surface area contributed by atoms with Crippen LogP contribution in [0.15, 0.2) is 24.3 Å². The van der Waals surface area contributed by atoms with Crippen LogP contribution in [0.3, 0.4) is 0 Å². The van der Waals surface area contributed by atoms with Crippen LogP contribution in [0, 0.1) is 11.8 Å². The molecule has 2 saturated heterocycles. The van der Waals surface area contributed by atoms with Crippen molar-refractivity contribution < 1.29 is 14.6 Å². The highest BCUT2D eigenvalue weighted by Crippen LogP contribution is 2.38. The Morgan fingerprint density at radius 3 is 2.61 bits per heavy atom. The molecule has 4 atom stereocenters. The van der Waals surface area contributed by atoms with E-state index in [1.165, 1.54) is 0 Å². The number of likely N-dealkylation sites (N-methyl/N-ethyl adjacent to an activating group) is 1. The van der Waals surface area contributed by atoms with Crippen LogP contribution in [0.2, 0.25) is 5.02 Å². The van der Waals surface area contributed by atoms with Gasteiger partial charge >= 0.3 is 0 Å². The zero-order chi connectivity index (χ0) is 19.7. The van der Waals surface area contributed by atoms with E-state index in [2.05, 4.69) is 16.8 Å². The summed E-state index contributed by atoms with van der Waals surface area (Å²) in [7, 11) is 2.15. The Hall–Kier alpha value is -1.34. The molecule has 2 heterocycles. The highest BCUT2D eigenvalue weighted by molar-refractivity contribution is 6.30. The fourth-order valence-corrected chi connectivity index (χ4v) is 5.13. The first kappa shape index (κ1) is 20.0. The minimum atomic E-state index is -0.289. The zero-order valence-corrected chi connectivity index (χ0v) is 17.2. The van der Waals surface area contributed by atoms with Crippen molar-refractivity contribution in [3.63, 3.8) is 0 Å². The fraction of sp³-hybridized carbons (Fsp3) is 0.667. The Morgan fingerprint density at radius 2 is 1.89 bits per heavy atom. The molecule has 0 unspecified atom stereocenters. The molecule has 6 nitrogen and oxygen atoms in total. The number of aliphatic hydroxyl groups is 1. The lowest BCUT2D eigenvalue weighted by Crippen LogP contribution is -2.55. The Kier molecular flexibility index (Phi) is 6.11. The van der Waals surface area contributed by atoms with E-state index in [-0.39, 0.29) is 24.7 Å². The fourth-order valence-electron chi connectivity index (χ4n) is 4.95. The highest BCUT2D eigenvalue weighted by Gasteiger charge is 2.44. The molecule has 1 aromatic carbocycles. The number of benzene rings is 1. The third-order valence-electron chi connectivity index (χ3n) is 6.63. The molecule has 1 aromatic rings. The van der Waals surface area contributed by atoms with Crippen molar-refractivity contribution >= 4 is 17.5 Å². The summed E-state index contributed by atoms with van der Waals surface area (Å²) in [6, 6.07) is 7.35. The molecule has 1 aliphatic carbocycles. The number of amides is 1. The maximum Gasteiger partial charge on any atom is 0.260 e. The molecule has 154 valence electrons. The Bertz CT molecular complexity index is 695. The molecule has 28 heavy (non-hydrogen) atoms. The first-order valence-electron chi connectivity index (χ1n) is 10.3. The van der Waals surface area contributed by atoms with Crippen molar-refractivity contribution in [2.45, 2.75) is 25.0 Å². The molecule has 1 N–H and O–H groups in total. The molecule has 2 aliphatic heterocycles. The van der Waals surface area contributed by atoms with Gasteiger partial charge in [0.1, 0.15) is 5.75 Å². The average Bonchev–Trinajstić information content (AvgIpc) is 3.09. The molecule has 1 saturated carbocycles. The van der Waals surface area contributed by atoms with Gasteiger partial charge in [0.05, 0.1) is 6.10 Å². The number of aliphatic hydroxyl groups excluding tert-OH is 1. The lowest BCUT2D eigenvalue weighted by Gasteiger charge is -2.44. The zero-order valence-electron chi connectivity index (χ0n) is 16.5. The first-order valence-corrected chi connectivity index (χ1v) is 10.6. The predicted octanol–water partition coefficient (Wildman–Crippen LogP) is 1.56. The molecule has 3 fully saturated rings. The predicted molar refractivity (Wildman–Crippen MR) is 109 cm³/mol. The molecule has 0 spiro atoms. The second kappa shape index (κ2) is 8.57. The van der Waals surface area contributed by atoms with Crippen molar-refractivity contribution in [1.82, 2.24) is 14.7 Å². The van der Waals surface area contributed by atoms with Crippen molar-refractivity contribution in [2.24, 2.45) is 11.8 Å². The van der Waals surface area contributed by atoms with Crippen LogP contribution in [0.4, 0.5) is 0 Å². The van der Waals surface area contributed by atoms with E-state index in [1.807, 2.05) is 11.0 Å². The third-order valence-corrected chi connectivity index (χ3v) is 6.86. The second-order valence-electron chi connectivity index (χ2n) is 8.51. The van der Waals surface area contributed by atoms with E-state index >= 15 is 0 Å². The average molecular weight is 408 g/mol. The third kappa shape index (κ3) is 4.46. The van der Waals surface area contributed by atoms with E-state index in [0.29, 0.717) is 22.6 Å². The molecule has 7 heteroatoms. The van der Waals surface area contributed by atoms with E-state index in [0.717, 1.165) is 52.1 Å². The van der Waals surface area contributed by atoms with Crippen LogP contribution in [-0.4, -0.2) is 90.8 Å². The van der Waals surface area contributed by atoms with Crippen molar-refractivity contribution in [2.75, 3.05) is 52.9 Å². The van der Waals surface area contributed by atoms with Gasteiger partial charge in [-0.25, -0.2) is 0 Å². The molecule has 1 amide bonds. The van der Waals surface area contributed by atoms with E-state index in [9.17, 15) is 9.90 Å². The van der Waals surface area contributed by atoms with Crippen molar-refractivity contribution in [3.05, 3.63) is 29.3 Å². The van der Waals surface area contributed by atoms with E-state index < -0.39 is 0 Å². The smallest absolute Gasteiger partial charge is 0.260 e. The van der Waals surface area contributed by atoms with E-state index in [1.54, 1.807) is 18.2 Å². The van der Waals surface area contributed by atoms with Crippen LogP contribution >= 0.6 is 11.6 Å². The molecule has 4 rings (SSSR count). The standard InChI is InChI=1S/C21H30ClN3O3/c1-23-5-7-24(8-6-23)19-9-15-12-25(13-16(15)10-20(19)26)21(27)14-28-18-4-2-3-17(22)11-18/h2-4,11,15-16,19-20,26H,5-10,12-14H2,1H3/t15-,16+,19-,20-/m1/s1. The minimum Gasteiger partial charge on any atom is -0.484 e. The van der Waals surface area contributed by atoms with E-state index in [4.69, 9.17) is 16.3 Å². The Balaban J connectivity index is 1.31. The van der Waals surface area contributed by atoms with Crippen LogP contribution in [0.25, 0.3) is 0 Å². The molecular weight excluding hydrogens is 378 g/mol. The molecule has 0 bridgehead atoms. The summed E-state index contributed by atoms with van der Waals surface area (Å²) in [6.07, 6.45) is 1.48. The topological polar surface area (TPSA) is 56.2 Å². The van der Waals surface area contributed by atoms with Gasteiger partial charge in [0.25, 0.3) is 5.91 Å². The summed E-state index contributed by atoms with van der Waals surface area (Å²) >= 11 is 5.96. The summed E-state index contributed by atoms with van der Waals surface area (Å²) in [4.78, 5) is 19.3. The highest BCUT2D eigenvalue weighted by atomic mass is 35.5. The molecule has 0 radical (unpaired) electrons. The monoisotopic (exact) mass is 407 g/mol. The number of carbonyl (C=O) groups excluding carboxylic acids is 1. The van der Waals surface area contributed by atoms with Gasteiger partial charge in [-0.3, -0.25) is 9.69 Å². The lowest BCUT2D eigenvalue weighted by atomic mass is 9.77. The summed E-state index contributed by atoms with van der Waals surface area (Å²) in [6.45, 7) is 5.70. The number of fused-ring (bicyclic) bond motifs is 1. The molecule has 0 aromatic heterocycles. The molecule has 3 aliphatic rings. The van der Waals surface area contributed by atoms with Gasteiger partial charge < -0.3 is 19.6 Å². The van der Waals surface area contributed by atoms with Crippen LogP contribution in [-0.2, 0) is 4.79 Å². The largest absolute Gasteiger partial charge is 0.484 e. The number of likely N-dealkylation sites (tertiary alicyclic amines) is 1. The van der Waals surface area contributed by atoms with Crippen LogP contribution in [0.5, 0.6) is 5.75 Å². The van der Waals surface area contributed by atoms with Gasteiger partial charge in [-0.1, -0.05) is 17.7 Å². The number of halogens is 1.